The molecule has 32 heavy (non-hydrogen) atoms. The normalized spacial score (nSPS) is 55.2. The Bertz CT molecular complexity index is 875. The lowest BCUT2D eigenvalue weighted by atomic mass is 9.35. The summed E-state index contributed by atoms with van der Waals surface area (Å²) in [5.74, 6) is 0.404. The van der Waals surface area contributed by atoms with E-state index < -0.39 is 22.5 Å². The summed E-state index contributed by atoms with van der Waals surface area (Å²) >= 11 is 0. The van der Waals surface area contributed by atoms with Crippen LogP contribution in [0.1, 0.15) is 81.6 Å². The van der Waals surface area contributed by atoms with Crippen molar-refractivity contribution in [3.63, 3.8) is 0 Å². The first-order valence-electron chi connectivity index (χ1n) is 12.8. The summed E-state index contributed by atoms with van der Waals surface area (Å²) in [4.78, 5) is 26.2. The van der Waals surface area contributed by atoms with Crippen molar-refractivity contribution in [2.45, 2.75) is 93.3 Å². The molecule has 4 aliphatic carbocycles. The summed E-state index contributed by atoms with van der Waals surface area (Å²) in [5, 5.41) is 24.0. The molecule has 0 bridgehead atoms. The molecular weight excluding hydrogens is 400 g/mol. The van der Waals surface area contributed by atoms with Gasteiger partial charge in [0.25, 0.3) is 0 Å². The molecule has 0 aliphatic heterocycles. The summed E-state index contributed by atoms with van der Waals surface area (Å²) in [7, 11) is 0. The highest BCUT2D eigenvalue weighted by Crippen LogP contribution is 2.75. The van der Waals surface area contributed by atoms with Crippen LogP contribution in [0.3, 0.4) is 0 Å². The minimum atomic E-state index is -1.41. The Morgan fingerprint density at radius 3 is 2.22 bits per heavy atom. The maximum Gasteiger partial charge on any atom is 0.167 e. The Morgan fingerprint density at radius 1 is 1.06 bits per heavy atom. The number of Topliss-reactive ketones (excluding diaryl/α,β-unsaturated/α-hetero) is 1. The van der Waals surface area contributed by atoms with Gasteiger partial charge in [0.05, 0.1) is 6.10 Å². The van der Waals surface area contributed by atoms with E-state index in [0.29, 0.717) is 6.42 Å². The van der Waals surface area contributed by atoms with Crippen molar-refractivity contribution in [2.75, 3.05) is 0 Å². The molecule has 3 saturated carbocycles. The third-order valence-corrected chi connectivity index (χ3v) is 11.7. The summed E-state index contributed by atoms with van der Waals surface area (Å²) in [6, 6.07) is 0. The van der Waals surface area contributed by atoms with E-state index in [4.69, 9.17) is 0 Å². The van der Waals surface area contributed by atoms with Gasteiger partial charge in [0.1, 0.15) is 5.60 Å². The Labute approximate surface area is 194 Å². The van der Waals surface area contributed by atoms with Crippen molar-refractivity contribution >= 4 is 11.6 Å². The predicted molar refractivity (Wildman–Crippen MR) is 126 cm³/mol. The second-order valence-corrected chi connectivity index (χ2v) is 13.0. The summed E-state index contributed by atoms with van der Waals surface area (Å²) in [5.41, 5.74) is -1.55. The Kier molecular flexibility index (Phi) is 5.29. The Balaban J connectivity index is 1.89. The highest BCUT2D eigenvalue weighted by atomic mass is 16.3. The lowest BCUT2D eigenvalue weighted by Crippen LogP contribution is -2.69. The molecule has 11 unspecified atom stereocenters. The van der Waals surface area contributed by atoms with Gasteiger partial charge in [-0.2, -0.15) is 0 Å². The van der Waals surface area contributed by atoms with Crippen molar-refractivity contribution in [1.82, 2.24) is 0 Å². The minimum Gasteiger partial charge on any atom is -0.392 e. The molecule has 4 nitrogen and oxygen atoms in total. The molecule has 0 aromatic rings. The SMILES string of the molecule is CC(C)C(=O)C1(O)C(C)CC2C3CC(C)C4=CC(=O)C(C)C(C)C4(C)C3(C)C(O)CC21C. The zero-order chi connectivity index (χ0) is 24.2. The lowest BCUT2D eigenvalue weighted by molar-refractivity contribution is -0.230. The Hall–Kier alpha value is -1.00. The fraction of sp³-hybridized carbons (Fsp3) is 0.857. The van der Waals surface area contributed by atoms with Crippen molar-refractivity contribution in [3.05, 3.63) is 11.6 Å². The highest BCUT2D eigenvalue weighted by Gasteiger charge is 2.75. The van der Waals surface area contributed by atoms with Crippen LogP contribution in [0.15, 0.2) is 11.6 Å². The zero-order valence-electron chi connectivity index (χ0n) is 21.5. The fourth-order valence-corrected chi connectivity index (χ4v) is 9.36. The first-order chi connectivity index (χ1) is 14.6. The number of fused-ring (bicyclic) bond motifs is 5. The van der Waals surface area contributed by atoms with Crippen LogP contribution < -0.4 is 0 Å². The van der Waals surface area contributed by atoms with E-state index in [0.717, 1.165) is 12.8 Å². The van der Waals surface area contributed by atoms with E-state index in [1.54, 1.807) is 0 Å². The van der Waals surface area contributed by atoms with Gasteiger partial charge in [0.2, 0.25) is 0 Å². The molecule has 2 N–H and O–H groups in total. The molecule has 0 aromatic carbocycles. The fourth-order valence-electron chi connectivity index (χ4n) is 9.36. The van der Waals surface area contributed by atoms with E-state index in [2.05, 4.69) is 34.6 Å². The standard InChI is InChI=1S/C28H44O4/c1-14(2)24(31)28(32)16(4)11-20-21-10-15(3)19-12-22(29)17(5)18(6)26(19,8)27(21,9)23(30)13-25(20,28)7/h12,14-18,20-21,23,30,32H,10-11,13H2,1-9H3. The number of aliphatic hydroxyl groups excluding tert-OH is 1. The maximum absolute atomic E-state index is 13.4. The van der Waals surface area contributed by atoms with Crippen LogP contribution in [0.5, 0.6) is 0 Å². The molecule has 4 aliphatic rings. The van der Waals surface area contributed by atoms with Crippen LogP contribution in [-0.2, 0) is 9.59 Å². The van der Waals surface area contributed by atoms with Gasteiger partial charge < -0.3 is 10.2 Å². The second-order valence-electron chi connectivity index (χ2n) is 13.0. The third-order valence-electron chi connectivity index (χ3n) is 11.7. The average molecular weight is 445 g/mol. The van der Waals surface area contributed by atoms with Gasteiger partial charge in [-0.05, 0) is 54.9 Å². The van der Waals surface area contributed by atoms with Gasteiger partial charge >= 0.3 is 0 Å². The third kappa shape index (κ3) is 2.47. The maximum atomic E-state index is 13.4. The van der Waals surface area contributed by atoms with E-state index in [-0.39, 0.29) is 58.4 Å². The van der Waals surface area contributed by atoms with Crippen LogP contribution in [0.4, 0.5) is 0 Å². The first kappa shape index (κ1) is 24.1. The van der Waals surface area contributed by atoms with E-state index in [9.17, 15) is 19.8 Å². The number of carbonyl (C=O) groups is 2. The molecule has 11 atom stereocenters. The van der Waals surface area contributed by atoms with Crippen molar-refractivity contribution in [2.24, 2.45) is 57.7 Å². The first-order valence-corrected chi connectivity index (χ1v) is 12.8. The van der Waals surface area contributed by atoms with Gasteiger partial charge in [-0.1, -0.05) is 67.9 Å². The molecule has 4 rings (SSSR count). The van der Waals surface area contributed by atoms with Crippen LogP contribution in [0, 0.1) is 57.7 Å². The van der Waals surface area contributed by atoms with Crippen molar-refractivity contribution in [3.8, 4) is 0 Å². The molecule has 4 heteroatoms. The summed E-state index contributed by atoms with van der Waals surface area (Å²) in [6.07, 6.45) is 3.38. The van der Waals surface area contributed by atoms with Gasteiger partial charge in [-0.3, -0.25) is 9.59 Å². The molecule has 0 saturated heterocycles. The van der Waals surface area contributed by atoms with Crippen molar-refractivity contribution in [1.29, 1.82) is 0 Å². The van der Waals surface area contributed by atoms with Crippen molar-refractivity contribution < 1.29 is 19.8 Å². The van der Waals surface area contributed by atoms with Crippen LogP contribution in [0.2, 0.25) is 0 Å². The molecule has 0 aromatic heterocycles. The van der Waals surface area contributed by atoms with Crippen LogP contribution >= 0.6 is 0 Å². The quantitative estimate of drug-likeness (QED) is 0.640. The topological polar surface area (TPSA) is 74.6 Å². The lowest BCUT2D eigenvalue weighted by Gasteiger charge is -2.69. The van der Waals surface area contributed by atoms with E-state index in [1.165, 1.54) is 5.57 Å². The number of hydrogen-bond donors (Lipinski definition) is 2. The van der Waals surface area contributed by atoms with Gasteiger partial charge in [-0.15, -0.1) is 0 Å². The summed E-state index contributed by atoms with van der Waals surface area (Å²) in [6.45, 7) is 18.8. The van der Waals surface area contributed by atoms with E-state index >= 15 is 0 Å². The number of ketones is 2. The molecule has 0 spiro atoms. The molecule has 180 valence electrons. The number of aliphatic hydroxyl groups is 2. The zero-order valence-corrected chi connectivity index (χ0v) is 21.5. The molecule has 3 fully saturated rings. The molecule has 0 heterocycles. The Morgan fingerprint density at radius 2 is 1.66 bits per heavy atom. The number of allylic oxidation sites excluding steroid dienone is 1. The average Bonchev–Trinajstić information content (AvgIpc) is 2.91. The van der Waals surface area contributed by atoms with Crippen LogP contribution in [0.25, 0.3) is 0 Å². The minimum absolute atomic E-state index is 0.0750. The number of hydrogen-bond acceptors (Lipinski definition) is 4. The van der Waals surface area contributed by atoms with Gasteiger partial charge in [0, 0.05) is 28.1 Å². The van der Waals surface area contributed by atoms with E-state index in [1.807, 2.05) is 33.8 Å². The molecule has 0 radical (unpaired) electrons. The molecule has 0 amide bonds. The highest BCUT2D eigenvalue weighted by molar-refractivity contribution is 5.94. The van der Waals surface area contributed by atoms with Gasteiger partial charge in [0.15, 0.2) is 11.6 Å². The molecular formula is C28H44O4. The second kappa shape index (κ2) is 7.01. The monoisotopic (exact) mass is 444 g/mol. The largest absolute Gasteiger partial charge is 0.392 e. The number of rotatable bonds is 2. The number of carbonyl (C=O) groups excluding carboxylic acids is 2. The van der Waals surface area contributed by atoms with Gasteiger partial charge in [-0.25, -0.2) is 0 Å². The van der Waals surface area contributed by atoms with Crippen LogP contribution in [-0.4, -0.2) is 33.5 Å². The smallest absolute Gasteiger partial charge is 0.167 e. The predicted octanol–water partition coefficient (Wildman–Crippen LogP) is 4.82. The summed E-state index contributed by atoms with van der Waals surface area (Å²) < 4.78 is 0.